The molecule has 2 aromatic carbocycles. The van der Waals surface area contributed by atoms with Crippen LogP contribution in [0.1, 0.15) is 334 Å². The lowest BCUT2D eigenvalue weighted by atomic mass is 9.93. The number of rotatable bonds is 75. The van der Waals surface area contributed by atoms with Crippen LogP contribution in [-0.4, -0.2) is 151 Å². The highest BCUT2D eigenvalue weighted by Gasteiger charge is 2.48. The minimum Gasteiger partial charge on any atom is -0.366 e. The molecule has 0 aliphatic heterocycles. The highest BCUT2D eigenvalue weighted by Crippen LogP contribution is 2.27. The van der Waals surface area contributed by atoms with E-state index in [4.69, 9.17) is 11.5 Å². The number of nitrogens with two attached hydrogens (primary N) is 2. The first-order valence-electron chi connectivity index (χ1n) is 40.1. The summed E-state index contributed by atoms with van der Waals surface area (Å²) in [5.74, 6) is -65.1. The van der Waals surface area contributed by atoms with E-state index in [1.54, 1.807) is 18.2 Å². The fraction of sp³-hybridized carbons (Fsp3) is 0.576. The second-order valence-electron chi connectivity index (χ2n) is 28.7. The molecule has 0 aromatic heterocycles. The van der Waals surface area contributed by atoms with Crippen molar-refractivity contribution < 1.29 is 125 Å². The van der Waals surface area contributed by atoms with Crippen molar-refractivity contribution in [2.75, 3.05) is 0 Å². The summed E-state index contributed by atoms with van der Waals surface area (Å²) < 4.78 is 0. The molecule has 0 aliphatic carbocycles. The van der Waals surface area contributed by atoms with E-state index in [0.717, 1.165) is 74.1 Å². The molecule has 0 bridgehead atoms. The molecule has 614 valence electrons. The molecule has 0 saturated carbocycles. The number of amides is 2. The van der Waals surface area contributed by atoms with E-state index >= 15 is 0 Å². The van der Waals surface area contributed by atoms with Gasteiger partial charge in [-0.05, 0) is 53.8 Å². The number of fused-ring (bicyclic) bond motifs is 1. The number of hydrogen-bond donors (Lipinski definition) is 2. The first kappa shape index (κ1) is 98.8. The van der Waals surface area contributed by atoms with Crippen molar-refractivity contribution in [1.29, 1.82) is 0 Å². The molecule has 0 unspecified atom stereocenters. The van der Waals surface area contributed by atoms with Crippen LogP contribution < -0.4 is 11.5 Å². The highest BCUT2D eigenvalue weighted by molar-refractivity contribution is 7.09. The number of Topliss-reactive ketones (excluding diaryl/α,β-unsaturated/α-hetero) is 23. The summed E-state index contributed by atoms with van der Waals surface area (Å²) in [4.78, 5) is 310. The number of primary amides is 2. The molecule has 28 nitrogen and oxygen atoms in total. The van der Waals surface area contributed by atoms with E-state index in [2.05, 4.69) is 0 Å². The maximum atomic E-state index is 12.3. The fourth-order valence-corrected chi connectivity index (χ4v) is 13.0. The maximum Gasteiger partial charge on any atom is 0.281 e. The molecular weight excluding hydrogens is 1460 g/mol. The smallest absolute Gasteiger partial charge is 0.281 e. The van der Waals surface area contributed by atoms with Gasteiger partial charge in [-0.2, -0.15) is 0 Å². The Hall–Kier alpha value is -10.3. The van der Waals surface area contributed by atoms with Crippen molar-refractivity contribution in [1.82, 2.24) is 0 Å². The second-order valence-corrected chi connectivity index (χ2v) is 28.7. The lowest BCUT2D eigenvalue weighted by Gasteiger charge is -2.12. The van der Waals surface area contributed by atoms with Gasteiger partial charge in [0.2, 0.25) is 17.6 Å². The van der Waals surface area contributed by atoms with Gasteiger partial charge in [-0.3, -0.25) is 125 Å². The Morgan fingerprint density at radius 2 is 0.425 bits per heavy atom. The molecule has 0 fully saturated rings. The van der Waals surface area contributed by atoms with Gasteiger partial charge in [0.25, 0.3) is 127 Å². The molecule has 2 aromatic rings. The fourth-order valence-electron chi connectivity index (χ4n) is 13.0. The monoisotopic (exact) mass is 1570 g/mol. The van der Waals surface area contributed by atoms with E-state index in [1.807, 2.05) is 12.1 Å². The summed E-state index contributed by atoms with van der Waals surface area (Å²) in [5, 5.41) is 1.86. The number of benzene rings is 2. The van der Waals surface area contributed by atoms with Crippen molar-refractivity contribution in [3.63, 3.8) is 0 Å². The lowest BCUT2D eigenvalue weighted by molar-refractivity contribution is -0.158. The van der Waals surface area contributed by atoms with Crippen LogP contribution in [0.2, 0.25) is 0 Å². The molecule has 113 heavy (non-hydrogen) atoms. The van der Waals surface area contributed by atoms with Gasteiger partial charge in [-0.15, -0.1) is 0 Å². The molecule has 0 radical (unpaired) electrons. The summed E-state index contributed by atoms with van der Waals surface area (Å²) >= 11 is 0. The number of carbonyl (C=O) groups is 26. The van der Waals surface area contributed by atoms with E-state index in [1.165, 1.54) is 231 Å². The van der Waals surface area contributed by atoms with Crippen molar-refractivity contribution in [2.45, 2.75) is 315 Å². The van der Waals surface area contributed by atoms with Gasteiger partial charge in [0.15, 0.2) is 6.29 Å². The second kappa shape index (κ2) is 56.9. The van der Waals surface area contributed by atoms with Crippen LogP contribution >= 0.6 is 0 Å². The summed E-state index contributed by atoms with van der Waals surface area (Å²) in [5.41, 5.74) is 13.1. The third-order valence-electron chi connectivity index (χ3n) is 19.7. The quantitative estimate of drug-likeness (QED) is 0.0269. The third-order valence-corrected chi connectivity index (χ3v) is 19.7. The normalized spacial score (nSPS) is 10.9. The predicted molar refractivity (Wildman–Crippen MR) is 408 cm³/mol. The van der Waals surface area contributed by atoms with Crippen LogP contribution in [0.5, 0.6) is 0 Å². The molecule has 0 atom stereocenters. The number of ketones is 23. The predicted octanol–water partition coefficient (Wildman–Crippen LogP) is 9.59. The lowest BCUT2D eigenvalue weighted by Crippen LogP contribution is -2.48. The summed E-state index contributed by atoms with van der Waals surface area (Å²) in [6.07, 6.45) is 56.9. The SMILES string of the molecule is NC(=O)c1ccc2c(CCCCCCCCCCCCCCCCCCCCCCCCCCCCCCCCCCCCCCCCCCCCCCCCCC(=O)C(=O)C(=O)C(=O)C(=O)C(=O)C(=O)C(=O)C(=O)C(=O)C(=O)C(=O)C(=O)C(=O)C(=O)C(=O)C(=O)C(=O)C(=O)C(=O)C(=O)C(=O)C(=O)C=O)c(C(N)=O)ccc2c1. The Bertz CT molecular complexity index is 3880. The van der Waals surface area contributed by atoms with Gasteiger partial charge in [-0.1, -0.05) is 301 Å². The number of hydrogen-bond acceptors (Lipinski definition) is 26. The molecule has 0 spiro atoms. The Balaban J connectivity index is 1.36. The molecule has 0 aliphatic rings. The van der Waals surface area contributed by atoms with Crippen molar-refractivity contribution in [3.05, 3.63) is 47.0 Å². The number of aryl methyl sites for hydroxylation is 1. The van der Waals surface area contributed by atoms with Gasteiger partial charge >= 0.3 is 0 Å². The highest BCUT2D eigenvalue weighted by atomic mass is 16.3. The number of aldehydes is 1. The van der Waals surface area contributed by atoms with E-state index in [9.17, 15) is 125 Å². The minimum absolute atomic E-state index is 0.0719. The molecule has 4 N–H and O–H groups in total. The summed E-state index contributed by atoms with van der Waals surface area (Å²) in [6, 6.07) is 8.97. The zero-order valence-corrected chi connectivity index (χ0v) is 64.9. The van der Waals surface area contributed by atoms with Crippen molar-refractivity contribution >= 4 is 162 Å². The molecule has 2 amide bonds. The molecule has 28 heteroatoms. The van der Waals surface area contributed by atoms with Crippen molar-refractivity contribution in [3.8, 4) is 0 Å². The molecule has 0 heterocycles. The Morgan fingerprint density at radius 3 is 0.637 bits per heavy atom. The van der Waals surface area contributed by atoms with E-state index in [-0.39, 0.29) is 6.42 Å². The zero-order valence-electron chi connectivity index (χ0n) is 64.9. The van der Waals surface area contributed by atoms with Crippen molar-refractivity contribution in [2.24, 2.45) is 11.5 Å². The van der Waals surface area contributed by atoms with Gasteiger partial charge in [-0.25, -0.2) is 0 Å². The number of carbonyl (C=O) groups excluding carboxylic acids is 26. The Morgan fingerprint density at radius 1 is 0.221 bits per heavy atom. The third kappa shape index (κ3) is 36.8. The Labute approximate surface area is 656 Å². The first-order chi connectivity index (χ1) is 54.0. The van der Waals surface area contributed by atoms with Crippen LogP contribution in [-0.2, 0) is 121 Å². The standard InChI is InChI=1S/C85H108N2O26/c86-84(112)57-51-52-58-56(54-57)50-53-60(85(87)113)59(58)48-46-44-42-40-38-36-34-32-30-28-26-24-22-20-18-16-14-12-10-8-6-4-2-1-3-5-7-9-11-13-15-17-19-21-23-25-27-29-31-33-35-37-39-41-43-45-47-49-61(89)63(91)65(93)67(95)69(97)71(99)73(101)75(103)77(105)79(107)81(109)83(111)82(110)80(108)78(106)76(104)74(102)72(100)70(98)68(96)66(94)64(92)62(90)55-88/h50-55H,1-49H2,(H2,86,112)(H2,87,113). The summed E-state index contributed by atoms with van der Waals surface area (Å²) in [6.45, 7) is 0. The summed E-state index contributed by atoms with van der Waals surface area (Å²) in [7, 11) is 0. The number of unbranched alkanes of at least 4 members (excludes halogenated alkanes) is 46. The topological polar surface area (TPSA) is 496 Å². The Kier molecular flexibility index (Phi) is 49.7. The first-order valence-corrected chi connectivity index (χ1v) is 40.1. The maximum absolute atomic E-state index is 12.3. The van der Waals surface area contributed by atoms with Crippen LogP contribution in [0.25, 0.3) is 10.8 Å². The largest absolute Gasteiger partial charge is 0.366 e. The van der Waals surface area contributed by atoms with Gasteiger partial charge in [0.1, 0.15) is 0 Å². The average molecular weight is 1570 g/mol. The van der Waals surface area contributed by atoms with E-state index in [0.29, 0.717) is 24.0 Å². The van der Waals surface area contributed by atoms with Gasteiger partial charge in [0, 0.05) is 17.5 Å². The van der Waals surface area contributed by atoms with Gasteiger partial charge < -0.3 is 11.5 Å². The van der Waals surface area contributed by atoms with E-state index < -0.39 is 158 Å². The molecule has 2 rings (SSSR count). The van der Waals surface area contributed by atoms with Crippen LogP contribution in [0.4, 0.5) is 0 Å². The minimum atomic E-state index is -3.11. The van der Waals surface area contributed by atoms with Crippen LogP contribution in [0.3, 0.4) is 0 Å². The average Bonchev–Trinajstić information content (AvgIpc) is 0.790. The molecular formula is C85H108N2O26. The van der Waals surface area contributed by atoms with Gasteiger partial charge in [0.05, 0.1) is 0 Å². The van der Waals surface area contributed by atoms with Crippen LogP contribution in [0.15, 0.2) is 30.3 Å². The van der Waals surface area contributed by atoms with Crippen LogP contribution in [0, 0.1) is 0 Å². The zero-order chi connectivity index (χ0) is 84.2. The molecule has 0 saturated heterocycles.